The molecule has 5 heteroatoms. The lowest BCUT2D eigenvalue weighted by Crippen LogP contribution is -2.30. The molecule has 0 bridgehead atoms. The van der Waals surface area contributed by atoms with Crippen LogP contribution in [0.3, 0.4) is 0 Å². The summed E-state index contributed by atoms with van der Waals surface area (Å²) in [6, 6.07) is 5.76. The van der Waals surface area contributed by atoms with Crippen LogP contribution in [0.4, 0.5) is 0 Å². The number of amides is 1. The Morgan fingerprint density at radius 3 is 3.06 bits per heavy atom. The Balaban J connectivity index is 2.29. The van der Waals surface area contributed by atoms with Crippen LogP contribution in [0.5, 0.6) is 0 Å². The first-order valence-electron chi connectivity index (χ1n) is 5.49. The second kappa shape index (κ2) is 4.55. The van der Waals surface area contributed by atoms with E-state index in [2.05, 4.69) is 15.5 Å². The highest BCUT2D eigenvalue weighted by molar-refractivity contribution is 6.04. The van der Waals surface area contributed by atoms with Crippen LogP contribution in [-0.4, -0.2) is 33.9 Å². The van der Waals surface area contributed by atoms with Crippen molar-refractivity contribution in [3.8, 4) is 0 Å². The number of aryl methyl sites for hydroxylation is 1. The van der Waals surface area contributed by atoms with Gasteiger partial charge in [0, 0.05) is 11.9 Å². The number of rotatable bonds is 3. The molecule has 1 atom stereocenters. The molecular weight excluding hydrogens is 218 g/mol. The van der Waals surface area contributed by atoms with E-state index in [0.717, 1.165) is 16.5 Å². The molecule has 0 saturated heterocycles. The van der Waals surface area contributed by atoms with Crippen molar-refractivity contribution >= 4 is 16.8 Å². The van der Waals surface area contributed by atoms with Crippen molar-refractivity contribution in [1.29, 1.82) is 0 Å². The summed E-state index contributed by atoms with van der Waals surface area (Å²) in [4.78, 5) is 11.8. The van der Waals surface area contributed by atoms with Crippen LogP contribution >= 0.6 is 0 Å². The standard InChI is InChI=1S/C12H15N3O2/c1-7-3-4-10-9(5-7)11(15-14-10)12(17)13-6-8(2)16/h3-5,8,16H,6H2,1-2H3,(H,13,17)(H,14,15). The van der Waals surface area contributed by atoms with Gasteiger partial charge in [-0.2, -0.15) is 5.10 Å². The molecule has 0 aliphatic heterocycles. The van der Waals surface area contributed by atoms with E-state index in [4.69, 9.17) is 5.11 Å². The molecule has 1 aromatic carbocycles. The number of H-pyrrole nitrogens is 1. The van der Waals surface area contributed by atoms with Gasteiger partial charge in [0.15, 0.2) is 5.69 Å². The van der Waals surface area contributed by atoms with E-state index in [1.165, 1.54) is 0 Å². The van der Waals surface area contributed by atoms with E-state index in [1.807, 2.05) is 25.1 Å². The van der Waals surface area contributed by atoms with Gasteiger partial charge in [-0.25, -0.2) is 0 Å². The fraction of sp³-hybridized carbons (Fsp3) is 0.333. The van der Waals surface area contributed by atoms with Gasteiger partial charge in [-0.3, -0.25) is 9.89 Å². The predicted octanol–water partition coefficient (Wildman–Crippen LogP) is 0.982. The zero-order valence-electron chi connectivity index (χ0n) is 9.82. The van der Waals surface area contributed by atoms with E-state index in [0.29, 0.717) is 5.69 Å². The Labute approximate surface area is 98.8 Å². The second-order valence-electron chi connectivity index (χ2n) is 4.18. The Hall–Kier alpha value is -1.88. The van der Waals surface area contributed by atoms with Crippen LogP contribution in [-0.2, 0) is 0 Å². The third-order valence-electron chi connectivity index (χ3n) is 2.49. The molecule has 90 valence electrons. The van der Waals surface area contributed by atoms with Gasteiger partial charge >= 0.3 is 0 Å². The summed E-state index contributed by atoms with van der Waals surface area (Å²) in [6.07, 6.45) is -0.564. The minimum atomic E-state index is -0.564. The Morgan fingerprint density at radius 2 is 2.35 bits per heavy atom. The summed E-state index contributed by atoms with van der Waals surface area (Å²) >= 11 is 0. The number of fused-ring (bicyclic) bond motifs is 1. The highest BCUT2D eigenvalue weighted by atomic mass is 16.3. The van der Waals surface area contributed by atoms with Gasteiger partial charge in [-0.05, 0) is 26.0 Å². The number of aromatic amines is 1. The largest absolute Gasteiger partial charge is 0.392 e. The lowest BCUT2D eigenvalue weighted by Gasteiger charge is -2.05. The summed E-state index contributed by atoms with van der Waals surface area (Å²) in [5.74, 6) is -0.275. The van der Waals surface area contributed by atoms with Crippen LogP contribution < -0.4 is 5.32 Å². The van der Waals surface area contributed by atoms with E-state index < -0.39 is 6.10 Å². The number of aliphatic hydroxyl groups is 1. The molecule has 3 N–H and O–H groups in total. The fourth-order valence-corrected chi connectivity index (χ4v) is 1.63. The molecule has 0 fully saturated rings. The predicted molar refractivity (Wildman–Crippen MR) is 64.8 cm³/mol. The number of carbonyl (C=O) groups excluding carboxylic acids is 1. The summed E-state index contributed by atoms with van der Waals surface area (Å²) < 4.78 is 0. The van der Waals surface area contributed by atoms with E-state index in [-0.39, 0.29) is 12.5 Å². The van der Waals surface area contributed by atoms with Crippen LogP contribution in [0.25, 0.3) is 10.9 Å². The lowest BCUT2D eigenvalue weighted by atomic mass is 10.1. The summed E-state index contributed by atoms with van der Waals surface area (Å²) in [5, 5.41) is 19.3. The summed E-state index contributed by atoms with van der Waals surface area (Å²) in [5.41, 5.74) is 2.27. The third kappa shape index (κ3) is 2.45. The molecule has 2 rings (SSSR count). The summed E-state index contributed by atoms with van der Waals surface area (Å²) in [7, 11) is 0. The molecule has 17 heavy (non-hydrogen) atoms. The molecule has 0 aliphatic carbocycles. The van der Waals surface area contributed by atoms with Gasteiger partial charge in [0.1, 0.15) is 0 Å². The maximum Gasteiger partial charge on any atom is 0.272 e. The molecule has 0 aliphatic rings. The molecule has 5 nitrogen and oxygen atoms in total. The Morgan fingerprint density at radius 1 is 1.59 bits per heavy atom. The van der Waals surface area contributed by atoms with Gasteiger partial charge in [0.2, 0.25) is 0 Å². The number of benzene rings is 1. The highest BCUT2D eigenvalue weighted by Crippen LogP contribution is 2.17. The van der Waals surface area contributed by atoms with Crippen LogP contribution in [0.2, 0.25) is 0 Å². The van der Waals surface area contributed by atoms with Crippen molar-refractivity contribution in [1.82, 2.24) is 15.5 Å². The minimum Gasteiger partial charge on any atom is -0.392 e. The maximum atomic E-state index is 11.8. The zero-order chi connectivity index (χ0) is 12.4. The number of hydrogen-bond acceptors (Lipinski definition) is 3. The minimum absolute atomic E-state index is 0.221. The SMILES string of the molecule is Cc1ccc2[nH]nc(C(=O)NCC(C)O)c2c1. The second-order valence-corrected chi connectivity index (χ2v) is 4.18. The first-order chi connectivity index (χ1) is 8.08. The summed E-state index contributed by atoms with van der Waals surface area (Å²) in [6.45, 7) is 3.80. The van der Waals surface area contributed by atoms with Crippen molar-refractivity contribution in [3.63, 3.8) is 0 Å². The van der Waals surface area contributed by atoms with Crippen LogP contribution in [0.1, 0.15) is 23.0 Å². The zero-order valence-corrected chi connectivity index (χ0v) is 9.82. The molecule has 0 saturated carbocycles. The average molecular weight is 233 g/mol. The number of aromatic nitrogens is 2. The molecule has 0 radical (unpaired) electrons. The first-order valence-corrected chi connectivity index (χ1v) is 5.49. The number of nitrogens with one attached hydrogen (secondary N) is 2. The van der Waals surface area contributed by atoms with Gasteiger partial charge in [-0.1, -0.05) is 11.6 Å². The molecular formula is C12H15N3O2. The quantitative estimate of drug-likeness (QED) is 0.739. The van der Waals surface area contributed by atoms with Crippen molar-refractivity contribution in [2.24, 2.45) is 0 Å². The number of hydrogen-bond donors (Lipinski definition) is 3. The van der Waals surface area contributed by atoms with Crippen molar-refractivity contribution in [2.75, 3.05) is 6.54 Å². The normalized spacial score (nSPS) is 12.6. The van der Waals surface area contributed by atoms with Crippen LogP contribution in [0, 0.1) is 6.92 Å². The molecule has 0 spiro atoms. The highest BCUT2D eigenvalue weighted by Gasteiger charge is 2.14. The topological polar surface area (TPSA) is 78.0 Å². The van der Waals surface area contributed by atoms with Crippen molar-refractivity contribution in [3.05, 3.63) is 29.5 Å². The van der Waals surface area contributed by atoms with Crippen molar-refractivity contribution < 1.29 is 9.90 Å². The Kier molecular flexibility index (Phi) is 3.10. The van der Waals surface area contributed by atoms with E-state index in [1.54, 1.807) is 6.92 Å². The molecule has 1 amide bonds. The molecule has 1 heterocycles. The smallest absolute Gasteiger partial charge is 0.272 e. The van der Waals surface area contributed by atoms with Gasteiger partial charge in [0.05, 0.1) is 11.6 Å². The van der Waals surface area contributed by atoms with Gasteiger partial charge in [0.25, 0.3) is 5.91 Å². The van der Waals surface area contributed by atoms with E-state index in [9.17, 15) is 4.79 Å². The lowest BCUT2D eigenvalue weighted by molar-refractivity contribution is 0.0920. The third-order valence-corrected chi connectivity index (χ3v) is 2.49. The Bertz CT molecular complexity index is 546. The van der Waals surface area contributed by atoms with E-state index >= 15 is 0 Å². The fourth-order valence-electron chi connectivity index (χ4n) is 1.63. The van der Waals surface area contributed by atoms with Gasteiger partial charge in [-0.15, -0.1) is 0 Å². The average Bonchev–Trinajstić information content (AvgIpc) is 2.68. The first kappa shape index (κ1) is 11.6. The molecule has 1 unspecified atom stereocenters. The molecule has 2 aromatic rings. The number of aliphatic hydroxyl groups excluding tert-OH is 1. The number of carbonyl (C=O) groups is 1. The number of nitrogens with zero attached hydrogens (tertiary/aromatic N) is 1. The maximum absolute atomic E-state index is 11.8. The molecule has 1 aromatic heterocycles. The van der Waals surface area contributed by atoms with Crippen LogP contribution in [0.15, 0.2) is 18.2 Å². The monoisotopic (exact) mass is 233 g/mol. The van der Waals surface area contributed by atoms with Gasteiger partial charge < -0.3 is 10.4 Å². The van der Waals surface area contributed by atoms with Crippen molar-refractivity contribution in [2.45, 2.75) is 20.0 Å².